The number of carbonyl (C=O) groups excluding carboxylic acids is 1. The average molecular weight is 312 g/mol. The van der Waals surface area contributed by atoms with Crippen LogP contribution in [0.5, 0.6) is 0 Å². The van der Waals surface area contributed by atoms with Crippen LogP contribution in [0.3, 0.4) is 0 Å². The van der Waals surface area contributed by atoms with E-state index in [0.29, 0.717) is 13.2 Å². The van der Waals surface area contributed by atoms with E-state index in [4.69, 9.17) is 21.1 Å². The van der Waals surface area contributed by atoms with Crippen LogP contribution in [-0.4, -0.2) is 30.2 Å². The number of nitrogens with one attached hydrogen (secondary N) is 1. The Kier molecular flexibility index (Phi) is 6.33. The van der Waals surface area contributed by atoms with E-state index in [9.17, 15) is 4.79 Å². The first-order valence-electron chi connectivity index (χ1n) is 7.42. The number of hydrogen-bond donors (Lipinski definition) is 1. The molecular weight excluding hydrogens is 290 g/mol. The fourth-order valence-electron chi connectivity index (χ4n) is 2.51. The van der Waals surface area contributed by atoms with Crippen molar-refractivity contribution in [3.8, 4) is 0 Å². The number of hydrogen-bond acceptors (Lipinski definition) is 3. The normalized spacial score (nSPS) is 25.3. The van der Waals surface area contributed by atoms with Gasteiger partial charge in [0, 0.05) is 0 Å². The maximum Gasteiger partial charge on any atom is 0.407 e. The molecule has 2 rings (SSSR count). The number of amides is 1. The number of ether oxygens (including phenoxy) is 2. The van der Waals surface area contributed by atoms with Crippen LogP contribution in [-0.2, 0) is 16.1 Å². The highest BCUT2D eigenvalue weighted by molar-refractivity contribution is 6.21. The van der Waals surface area contributed by atoms with Gasteiger partial charge in [0.15, 0.2) is 0 Å². The number of rotatable bonds is 5. The zero-order chi connectivity index (χ0) is 15.1. The third-order valence-electron chi connectivity index (χ3n) is 3.63. The van der Waals surface area contributed by atoms with E-state index >= 15 is 0 Å². The van der Waals surface area contributed by atoms with Crippen molar-refractivity contribution in [2.75, 3.05) is 6.61 Å². The molecule has 0 aliphatic heterocycles. The van der Waals surface area contributed by atoms with Crippen LogP contribution in [0.2, 0.25) is 0 Å². The van der Waals surface area contributed by atoms with Crippen LogP contribution < -0.4 is 5.32 Å². The molecule has 1 aliphatic rings. The molecule has 1 aromatic carbocycles. The monoisotopic (exact) mass is 311 g/mol. The summed E-state index contributed by atoms with van der Waals surface area (Å²) in [4.78, 5) is 11.5. The van der Waals surface area contributed by atoms with Crippen LogP contribution in [0.1, 0.15) is 31.7 Å². The van der Waals surface area contributed by atoms with Gasteiger partial charge in [-0.05, 0) is 31.7 Å². The molecule has 21 heavy (non-hydrogen) atoms. The quantitative estimate of drug-likeness (QED) is 0.847. The molecule has 4 nitrogen and oxygen atoms in total. The maximum absolute atomic E-state index is 11.5. The fourth-order valence-corrected chi connectivity index (χ4v) is 2.80. The molecule has 1 saturated carbocycles. The molecule has 1 aromatic rings. The minimum absolute atomic E-state index is 0.0639. The number of benzene rings is 1. The van der Waals surface area contributed by atoms with Crippen molar-refractivity contribution in [3.05, 3.63) is 35.9 Å². The van der Waals surface area contributed by atoms with Gasteiger partial charge in [-0.15, -0.1) is 11.6 Å². The summed E-state index contributed by atoms with van der Waals surface area (Å²) >= 11 is 6.28. The molecule has 3 atom stereocenters. The van der Waals surface area contributed by atoms with Crippen molar-refractivity contribution in [1.82, 2.24) is 5.32 Å². The number of alkyl carbamates (subject to hydrolysis) is 1. The first kappa shape index (κ1) is 16.1. The molecule has 1 amide bonds. The molecule has 0 radical (unpaired) electrons. The van der Waals surface area contributed by atoms with Crippen molar-refractivity contribution >= 4 is 17.7 Å². The van der Waals surface area contributed by atoms with Gasteiger partial charge in [0.05, 0.1) is 30.7 Å². The van der Waals surface area contributed by atoms with Crippen molar-refractivity contribution < 1.29 is 14.3 Å². The average Bonchev–Trinajstić information content (AvgIpc) is 2.49. The summed E-state index contributed by atoms with van der Waals surface area (Å²) in [6.45, 7) is 2.73. The van der Waals surface area contributed by atoms with Crippen molar-refractivity contribution in [2.24, 2.45) is 0 Å². The lowest BCUT2D eigenvalue weighted by atomic mass is 9.92. The lowest BCUT2D eigenvalue weighted by molar-refractivity contribution is 0.00927. The summed E-state index contributed by atoms with van der Waals surface area (Å²) in [7, 11) is 0. The predicted octanol–water partition coefficient (Wildman–Crippen LogP) is 3.48. The van der Waals surface area contributed by atoms with E-state index in [1.54, 1.807) is 6.92 Å². The first-order chi connectivity index (χ1) is 10.2. The second-order valence-corrected chi connectivity index (χ2v) is 5.78. The van der Waals surface area contributed by atoms with E-state index in [2.05, 4.69) is 5.32 Å². The Hall–Kier alpha value is -1.26. The molecular formula is C16H22ClNO3. The fraction of sp³-hybridized carbons (Fsp3) is 0.562. The SMILES string of the molecule is CCOC(=O)N[C@@H]1C[C@@H](OCc2ccccc2)CC[C@H]1Cl. The smallest absolute Gasteiger partial charge is 0.407 e. The zero-order valence-electron chi connectivity index (χ0n) is 12.3. The molecule has 0 spiro atoms. The van der Waals surface area contributed by atoms with Gasteiger partial charge in [-0.1, -0.05) is 30.3 Å². The Morgan fingerprint density at radius 3 is 2.81 bits per heavy atom. The molecule has 0 unspecified atom stereocenters. The number of carbonyl (C=O) groups is 1. The summed E-state index contributed by atoms with van der Waals surface area (Å²) in [5.74, 6) is 0. The molecule has 1 N–H and O–H groups in total. The van der Waals surface area contributed by atoms with Crippen molar-refractivity contribution in [2.45, 2.75) is 50.3 Å². The Labute approximate surface area is 130 Å². The van der Waals surface area contributed by atoms with Gasteiger partial charge >= 0.3 is 6.09 Å². The van der Waals surface area contributed by atoms with Crippen LogP contribution in [0.4, 0.5) is 4.79 Å². The summed E-state index contributed by atoms with van der Waals surface area (Å²) < 4.78 is 10.8. The van der Waals surface area contributed by atoms with Gasteiger partial charge in [-0.25, -0.2) is 4.79 Å². The molecule has 0 bridgehead atoms. The second kappa shape index (κ2) is 8.25. The van der Waals surface area contributed by atoms with Gasteiger partial charge in [0.1, 0.15) is 0 Å². The van der Waals surface area contributed by atoms with E-state index in [1.807, 2.05) is 30.3 Å². The van der Waals surface area contributed by atoms with Gasteiger partial charge in [0.25, 0.3) is 0 Å². The minimum atomic E-state index is -0.406. The van der Waals surface area contributed by atoms with E-state index in [-0.39, 0.29) is 17.5 Å². The highest BCUT2D eigenvalue weighted by atomic mass is 35.5. The van der Waals surface area contributed by atoms with Crippen molar-refractivity contribution in [1.29, 1.82) is 0 Å². The molecule has 1 fully saturated rings. The number of alkyl halides is 1. The third kappa shape index (κ3) is 5.21. The summed E-state index contributed by atoms with van der Waals surface area (Å²) in [6.07, 6.45) is 2.18. The third-order valence-corrected chi connectivity index (χ3v) is 4.15. The van der Waals surface area contributed by atoms with Gasteiger partial charge in [-0.2, -0.15) is 0 Å². The van der Waals surface area contributed by atoms with E-state index in [0.717, 1.165) is 24.8 Å². The van der Waals surface area contributed by atoms with Gasteiger partial charge < -0.3 is 14.8 Å². The molecule has 1 aliphatic carbocycles. The largest absolute Gasteiger partial charge is 0.450 e. The lowest BCUT2D eigenvalue weighted by Crippen LogP contribution is -2.46. The summed E-state index contributed by atoms with van der Waals surface area (Å²) in [5, 5.41) is 2.76. The lowest BCUT2D eigenvalue weighted by Gasteiger charge is -2.33. The summed E-state index contributed by atoms with van der Waals surface area (Å²) in [5.41, 5.74) is 1.15. The molecule has 0 aromatic heterocycles. The van der Waals surface area contributed by atoms with E-state index in [1.165, 1.54) is 0 Å². The highest BCUT2D eigenvalue weighted by Gasteiger charge is 2.31. The summed E-state index contributed by atoms with van der Waals surface area (Å²) in [6, 6.07) is 9.98. The molecule has 0 heterocycles. The second-order valence-electron chi connectivity index (χ2n) is 5.22. The van der Waals surface area contributed by atoms with Gasteiger partial charge in [0.2, 0.25) is 0 Å². The van der Waals surface area contributed by atoms with Crippen LogP contribution in [0.15, 0.2) is 30.3 Å². The Morgan fingerprint density at radius 1 is 1.33 bits per heavy atom. The Bertz CT molecular complexity index is 440. The standard InChI is InChI=1S/C16H22ClNO3/c1-2-20-16(19)18-15-10-13(8-9-14(15)17)21-11-12-6-4-3-5-7-12/h3-7,13-15H,2,8-11H2,1H3,(H,18,19)/t13-,14+,15+/m0/s1. The Balaban J connectivity index is 1.81. The topological polar surface area (TPSA) is 47.6 Å². The minimum Gasteiger partial charge on any atom is -0.450 e. The maximum atomic E-state index is 11.5. The van der Waals surface area contributed by atoms with Crippen LogP contribution in [0, 0.1) is 0 Å². The van der Waals surface area contributed by atoms with E-state index < -0.39 is 6.09 Å². The zero-order valence-corrected chi connectivity index (χ0v) is 13.0. The first-order valence-corrected chi connectivity index (χ1v) is 7.85. The predicted molar refractivity (Wildman–Crippen MR) is 82.5 cm³/mol. The van der Waals surface area contributed by atoms with Gasteiger partial charge in [-0.3, -0.25) is 0 Å². The highest BCUT2D eigenvalue weighted by Crippen LogP contribution is 2.26. The van der Waals surface area contributed by atoms with Crippen molar-refractivity contribution in [3.63, 3.8) is 0 Å². The Morgan fingerprint density at radius 2 is 2.10 bits per heavy atom. The van der Waals surface area contributed by atoms with Crippen LogP contribution >= 0.6 is 11.6 Å². The number of halogens is 1. The van der Waals surface area contributed by atoms with Crippen LogP contribution in [0.25, 0.3) is 0 Å². The molecule has 116 valence electrons. The molecule has 5 heteroatoms. The molecule has 0 saturated heterocycles.